The van der Waals surface area contributed by atoms with Gasteiger partial charge in [-0.25, -0.2) is 12.7 Å². The highest BCUT2D eigenvalue weighted by atomic mass is 32.2. The fourth-order valence-electron chi connectivity index (χ4n) is 1.95. The Morgan fingerprint density at radius 1 is 1.05 bits per heavy atom. The van der Waals surface area contributed by atoms with E-state index in [1.807, 2.05) is 25.1 Å². The van der Waals surface area contributed by atoms with E-state index in [0.29, 0.717) is 22.6 Å². The summed E-state index contributed by atoms with van der Waals surface area (Å²) < 4.78 is 31.4. The van der Waals surface area contributed by atoms with Gasteiger partial charge in [0.1, 0.15) is 5.75 Å². The highest BCUT2D eigenvalue weighted by molar-refractivity contribution is 7.89. The molecular formula is C14H17NO3S. The van der Waals surface area contributed by atoms with Gasteiger partial charge in [0, 0.05) is 24.9 Å². The van der Waals surface area contributed by atoms with Crippen LogP contribution < -0.4 is 4.74 Å². The lowest BCUT2D eigenvalue weighted by Crippen LogP contribution is -2.22. The molecule has 0 heterocycles. The summed E-state index contributed by atoms with van der Waals surface area (Å²) in [5.74, 6) is 0.704. The van der Waals surface area contributed by atoms with Gasteiger partial charge in [0.15, 0.2) is 0 Å². The van der Waals surface area contributed by atoms with E-state index in [1.54, 1.807) is 18.2 Å². The average molecular weight is 279 g/mol. The summed E-state index contributed by atoms with van der Waals surface area (Å²) in [6, 6.07) is 10.7. The van der Waals surface area contributed by atoms with Crippen LogP contribution in [0.1, 0.15) is 6.92 Å². The first-order chi connectivity index (χ1) is 8.98. The Kier molecular flexibility index (Phi) is 3.78. The van der Waals surface area contributed by atoms with Crippen LogP contribution in [-0.2, 0) is 10.0 Å². The Hall–Kier alpha value is -1.59. The topological polar surface area (TPSA) is 46.6 Å². The predicted octanol–water partition coefficient (Wildman–Crippen LogP) is 2.49. The molecule has 0 aliphatic carbocycles. The molecule has 0 saturated carbocycles. The summed E-state index contributed by atoms with van der Waals surface area (Å²) in [4.78, 5) is 0.302. The van der Waals surface area contributed by atoms with Crippen LogP contribution in [0.2, 0.25) is 0 Å². The van der Waals surface area contributed by atoms with Crippen molar-refractivity contribution in [3.05, 3.63) is 36.4 Å². The van der Waals surface area contributed by atoms with Gasteiger partial charge in [-0.2, -0.15) is 0 Å². The van der Waals surface area contributed by atoms with E-state index in [0.717, 1.165) is 5.39 Å². The summed E-state index contributed by atoms with van der Waals surface area (Å²) in [6.07, 6.45) is 0. The summed E-state index contributed by atoms with van der Waals surface area (Å²) in [5, 5.41) is 1.49. The van der Waals surface area contributed by atoms with Gasteiger partial charge < -0.3 is 4.74 Å². The Labute approximate surface area is 113 Å². The van der Waals surface area contributed by atoms with Crippen LogP contribution in [0.25, 0.3) is 10.8 Å². The molecule has 2 aromatic carbocycles. The zero-order valence-corrected chi connectivity index (χ0v) is 12.1. The maximum Gasteiger partial charge on any atom is 0.243 e. The molecule has 0 atom stereocenters. The Bertz CT molecular complexity index is 693. The van der Waals surface area contributed by atoms with Crippen molar-refractivity contribution < 1.29 is 13.2 Å². The van der Waals surface area contributed by atoms with Crippen LogP contribution in [0.5, 0.6) is 5.75 Å². The zero-order chi connectivity index (χ0) is 14.0. The standard InChI is InChI=1S/C14H17NO3S/c1-4-18-13-9-10-14(19(16,17)15(2)3)12-8-6-5-7-11(12)13/h5-10H,4H2,1-3H3. The van der Waals surface area contributed by atoms with E-state index in [1.165, 1.54) is 18.4 Å². The van der Waals surface area contributed by atoms with Crippen LogP contribution in [0.3, 0.4) is 0 Å². The van der Waals surface area contributed by atoms with Crippen LogP contribution in [0.15, 0.2) is 41.3 Å². The summed E-state index contributed by atoms with van der Waals surface area (Å²) in [5.41, 5.74) is 0. The lowest BCUT2D eigenvalue weighted by molar-refractivity contribution is 0.344. The zero-order valence-electron chi connectivity index (χ0n) is 11.3. The first-order valence-electron chi connectivity index (χ1n) is 6.05. The number of hydrogen-bond acceptors (Lipinski definition) is 3. The van der Waals surface area contributed by atoms with Crippen molar-refractivity contribution in [1.82, 2.24) is 4.31 Å². The number of ether oxygens (including phenoxy) is 1. The fourth-order valence-corrected chi connectivity index (χ4v) is 3.04. The highest BCUT2D eigenvalue weighted by Crippen LogP contribution is 2.31. The number of fused-ring (bicyclic) bond motifs is 1. The number of rotatable bonds is 4. The van der Waals surface area contributed by atoms with Crippen molar-refractivity contribution >= 4 is 20.8 Å². The second-order valence-corrected chi connectivity index (χ2v) is 6.45. The lowest BCUT2D eigenvalue weighted by atomic mass is 10.1. The van der Waals surface area contributed by atoms with Crippen molar-refractivity contribution in [3.8, 4) is 5.75 Å². The molecule has 102 valence electrons. The van der Waals surface area contributed by atoms with E-state index in [9.17, 15) is 8.42 Å². The smallest absolute Gasteiger partial charge is 0.243 e. The van der Waals surface area contributed by atoms with Crippen LogP contribution in [0, 0.1) is 0 Å². The summed E-state index contributed by atoms with van der Waals surface area (Å²) >= 11 is 0. The largest absolute Gasteiger partial charge is 0.493 e. The third kappa shape index (κ3) is 2.43. The molecule has 0 radical (unpaired) electrons. The molecule has 0 saturated heterocycles. The monoisotopic (exact) mass is 279 g/mol. The number of sulfonamides is 1. The molecule has 19 heavy (non-hydrogen) atoms. The average Bonchev–Trinajstić information content (AvgIpc) is 2.39. The van der Waals surface area contributed by atoms with Gasteiger partial charge in [-0.3, -0.25) is 0 Å². The van der Waals surface area contributed by atoms with Gasteiger partial charge in [0.25, 0.3) is 0 Å². The Balaban J connectivity index is 2.76. The predicted molar refractivity (Wildman–Crippen MR) is 76.0 cm³/mol. The Morgan fingerprint density at radius 3 is 2.26 bits per heavy atom. The molecule has 0 unspecified atom stereocenters. The molecule has 2 rings (SSSR count). The van der Waals surface area contributed by atoms with Crippen LogP contribution in [0.4, 0.5) is 0 Å². The summed E-state index contributed by atoms with van der Waals surface area (Å²) in [7, 11) is -0.401. The number of hydrogen-bond donors (Lipinski definition) is 0. The molecular weight excluding hydrogens is 262 g/mol. The molecule has 0 aliphatic heterocycles. The van der Waals surface area contributed by atoms with Crippen LogP contribution >= 0.6 is 0 Å². The van der Waals surface area contributed by atoms with Gasteiger partial charge in [-0.1, -0.05) is 24.3 Å². The maximum atomic E-state index is 12.3. The summed E-state index contributed by atoms with van der Waals surface area (Å²) in [6.45, 7) is 2.45. The third-order valence-electron chi connectivity index (χ3n) is 2.90. The van der Waals surface area contributed by atoms with E-state index in [2.05, 4.69) is 0 Å². The van der Waals surface area contributed by atoms with Crippen molar-refractivity contribution in [2.24, 2.45) is 0 Å². The van der Waals surface area contributed by atoms with Gasteiger partial charge in [-0.05, 0) is 19.1 Å². The van der Waals surface area contributed by atoms with Gasteiger partial charge >= 0.3 is 0 Å². The van der Waals surface area contributed by atoms with Gasteiger partial charge in [0.05, 0.1) is 11.5 Å². The minimum Gasteiger partial charge on any atom is -0.493 e. The third-order valence-corrected chi connectivity index (χ3v) is 4.78. The quantitative estimate of drug-likeness (QED) is 0.864. The van der Waals surface area contributed by atoms with Crippen molar-refractivity contribution in [2.45, 2.75) is 11.8 Å². The van der Waals surface area contributed by atoms with E-state index >= 15 is 0 Å². The second kappa shape index (κ2) is 5.19. The Morgan fingerprint density at radius 2 is 1.68 bits per heavy atom. The molecule has 0 N–H and O–H groups in total. The SMILES string of the molecule is CCOc1ccc(S(=O)(=O)N(C)C)c2ccccc12. The van der Waals surface area contributed by atoms with Crippen molar-refractivity contribution in [2.75, 3.05) is 20.7 Å². The minimum atomic E-state index is -3.46. The van der Waals surface area contributed by atoms with Crippen LogP contribution in [-0.4, -0.2) is 33.4 Å². The van der Waals surface area contributed by atoms with E-state index in [-0.39, 0.29) is 0 Å². The highest BCUT2D eigenvalue weighted by Gasteiger charge is 2.21. The normalized spacial score (nSPS) is 12.0. The molecule has 0 aromatic heterocycles. The minimum absolute atomic E-state index is 0.302. The molecule has 4 nitrogen and oxygen atoms in total. The molecule has 0 amide bonds. The first-order valence-corrected chi connectivity index (χ1v) is 7.49. The molecule has 0 fully saturated rings. The second-order valence-electron chi connectivity index (χ2n) is 4.33. The van der Waals surface area contributed by atoms with E-state index < -0.39 is 10.0 Å². The fraction of sp³-hybridized carbons (Fsp3) is 0.286. The van der Waals surface area contributed by atoms with E-state index in [4.69, 9.17) is 4.74 Å². The first kappa shape index (κ1) is 13.8. The maximum absolute atomic E-state index is 12.3. The van der Waals surface area contributed by atoms with Crippen molar-refractivity contribution in [3.63, 3.8) is 0 Å². The molecule has 5 heteroatoms. The molecule has 0 spiro atoms. The van der Waals surface area contributed by atoms with Crippen molar-refractivity contribution in [1.29, 1.82) is 0 Å². The number of benzene rings is 2. The lowest BCUT2D eigenvalue weighted by Gasteiger charge is -2.15. The molecule has 0 bridgehead atoms. The van der Waals surface area contributed by atoms with Gasteiger partial charge in [0.2, 0.25) is 10.0 Å². The number of nitrogens with zero attached hydrogens (tertiary/aromatic N) is 1. The molecule has 0 aliphatic rings. The molecule has 2 aromatic rings. The van der Waals surface area contributed by atoms with Gasteiger partial charge in [-0.15, -0.1) is 0 Å².